The van der Waals surface area contributed by atoms with Gasteiger partial charge in [0, 0.05) is 31.7 Å². The molecule has 6 heteroatoms. The first-order valence-electron chi connectivity index (χ1n) is 10.3. The van der Waals surface area contributed by atoms with Gasteiger partial charge >= 0.3 is 5.97 Å². The molecule has 6 nitrogen and oxygen atoms in total. The standard InChI is InChI=1S/C23H26N2O4/c1-24-20-7-3-2-5-17(20)13-19(21(24)26)22(27)25-12-4-6-18(14-25)15-8-10-16(11-9-15)23(28)29/h8-11,13,18H,2-7,12,14H2,1H3,(H,28,29)/t18-/m0/s1. The number of aromatic nitrogens is 1. The van der Waals surface area contributed by atoms with Crippen LogP contribution in [-0.4, -0.2) is 39.5 Å². The van der Waals surface area contributed by atoms with Crippen LogP contribution in [0.5, 0.6) is 0 Å². The van der Waals surface area contributed by atoms with Gasteiger partial charge in [0.1, 0.15) is 5.56 Å². The minimum absolute atomic E-state index is 0.150. The molecule has 2 heterocycles. The predicted molar refractivity (Wildman–Crippen MR) is 110 cm³/mol. The van der Waals surface area contributed by atoms with Crippen molar-refractivity contribution < 1.29 is 14.7 Å². The molecule has 0 saturated carbocycles. The number of piperidine rings is 1. The van der Waals surface area contributed by atoms with Gasteiger partial charge in [0.25, 0.3) is 11.5 Å². The summed E-state index contributed by atoms with van der Waals surface area (Å²) in [6, 6.07) is 8.71. The highest BCUT2D eigenvalue weighted by Gasteiger charge is 2.28. The van der Waals surface area contributed by atoms with Crippen molar-refractivity contribution in [1.82, 2.24) is 9.47 Å². The number of aromatic carboxylic acids is 1. The molecule has 1 N–H and O–H groups in total. The summed E-state index contributed by atoms with van der Waals surface area (Å²) in [7, 11) is 1.77. The second kappa shape index (κ2) is 7.85. The largest absolute Gasteiger partial charge is 0.478 e. The van der Waals surface area contributed by atoms with Gasteiger partial charge in [0.15, 0.2) is 0 Å². The fourth-order valence-corrected chi connectivity index (χ4v) is 4.65. The van der Waals surface area contributed by atoms with Crippen LogP contribution < -0.4 is 5.56 Å². The topological polar surface area (TPSA) is 79.6 Å². The van der Waals surface area contributed by atoms with Crippen molar-refractivity contribution in [3.8, 4) is 0 Å². The Labute approximate surface area is 169 Å². The Balaban J connectivity index is 1.57. The van der Waals surface area contributed by atoms with Crippen molar-refractivity contribution in [3.05, 3.63) is 68.6 Å². The number of aryl methyl sites for hydroxylation is 1. The summed E-state index contributed by atoms with van der Waals surface area (Å²) in [6.07, 6.45) is 5.80. The van der Waals surface area contributed by atoms with E-state index in [1.807, 2.05) is 18.2 Å². The normalized spacial score (nSPS) is 18.9. The summed E-state index contributed by atoms with van der Waals surface area (Å²) in [6.45, 7) is 1.19. The van der Waals surface area contributed by atoms with E-state index in [9.17, 15) is 14.4 Å². The third-order valence-corrected chi connectivity index (χ3v) is 6.31. The van der Waals surface area contributed by atoms with Crippen LogP contribution in [0.4, 0.5) is 0 Å². The Morgan fingerprint density at radius 2 is 1.79 bits per heavy atom. The number of amides is 1. The minimum atomic E-state index is -0.944. The molecule has 2 aliphatic rings. The maximum atomic E-state index is 13.2. The molecule has 0 spiro atoms. The lowest BCUT2D eigenvalue weighted by atomic mass is 9.89. The van der Waals surface area contributed by atoms with Crippen molar-refractivity contribution >= 4 is 11.9 Å². The molecule has 1 atom stereocenters. The van der Waals surface area contributed by atoms with E-state index in [2.05, 4.69) is 0 Å². The van der Waals surface area contributed by atoms with E-state index in [-0.39, 0.29) is 28.5 Å². The molecule has 0 bridgehead atoms. The van der Waals surface area contributed by atoms with E-state index in [0.717, 1.165) is 55.3 Å². The number of nitrogens with zero attached hydrogens (tertiary/aromatic N) is 2. The van der Waals surface area contributed by atoms with E-state index < -0.39 is 5.97 Å². The first kappa shape index (κ1) is 19.4. The lowest BCUT2D eigenvalue weighted by Crippen LogP contribution is -2.42. The van der Waals surface area contributed by atoms with E-state index in [1.54, 1.807) is 28.6 Å². The quantitative estimate of drug-likeness (QED) is 0.868. The number of hydrogen-bond acceptors (Lipinski definition) is 3. The molecule has 1 aromatic carbocycles. The average molecular weight is 394 g/mol. The van der Waals surface area contributed by atoms with Gasteiger partial charge in [0.2, 0.25) is 0 Å². The first-order valence-corrected chi connectivity index (χ1v) is 10.3. The summed E-state index contributed by atoms with van der Waals surface area (Å²) in [5.74, 6) is -0.983. The maximum Gasteiger partial charge on any atom is 0.335 e. The highest BCUT2D eigenvalue weighted by Crippen LogP contribution is 2.28. The van der Waals surface area contributed by atoms with Gasteiger partial charge in [-0.15, -0.1) is 0 Å². The number of carboxylic acid groups (broad SMARTS) is 1. The van der Waals surface area contributed by atoms with E-state index in [4.69, 9.17) is 5.11 Å². The second-order valence-electron chi connectivity index (χ2n) is 8.12. The molecular formula is C23H26N2O4. The smallest absolute Gasteiger partial charge is 0.335 e. The number of benzene rings is 1. The van der Waals surface area contributed by atoms with Crippen molar-refractivity contribution in [3.63, 3.8) is 0 Å². The molecule has 0 unspecified atom stereocenters. The lowest BCUT2D eigenvalue weighted by molar-refractivity contribution is 0.0693. The van der Waals surface area contributed by atoms with Gasteiger partial charge in [-0.2, -0.15) is 0 Å². The number of likely N-dealkylation sites (tertiary alicyclic amines) is 1. The molecule has 152 valence electrons. The van der Waals surface area contributed by atoms with Gasteiger partial charge in [-0.3, -0.25) is 9.59 Å². The summed E-state index contributed by atoms with van der Waals surface area (Å²) in [5.41, 5.74) is 3.55. The summed E-state index contributed by atoms with van der Waals surface area (Å²) in [4.78, 5) is 38.9. The maximum absolute atomic E-state index is 13.2. The highest BCUT2D eigenvalue weighted by molar-refractivity contribution is 5.94. The van der Waals surface area contributed by atoms with E-state index in [1.165, 1.54) is 0 Å². The average Bonchev–Trinajstić information content (AvgIpc) is 2.76. The molecule has 1 aromatic heterocycles. The van der Waals surface area contributed by atoms with Gasteiger partial charge < -0.3 is 14.6 Å². The van der Waals surface area contributed by atoms with Gasteiger partial charge in [-0.1, -0.05) is 12.1 Å². The number of hydrogen-bond donors (Lipinski definition) is 1. The number of rotatable bonds is 3. The molecule has 1 fully saturated rings. The van der Waals surface area contributed by atoms with Crippen LogP contribution >= 0.6 is 0 Å². The van der Waals surface area contributed by atoms with Crippen molar-refractivity contribution in [1.29, 1.82) is 0 Å². The van der Waals surface area contributed by atoms with Crippen LogP contribution in [0.25, 0.3) is 0 Å². The Morgan fingerprint density at radius 1 is 1.07 bits per heavy atom. The molecule has 1 saturated heterocycles. The molecule has 4 rings (SSSR count). The second-order valence-corrected chi connectivity index (χ2v) is 8.12. The molecule has 1 aliphatic carbocycles. The number of pyridine rings is 1. The Morgan fingerprint density at radius 3 is 2.52 bits per heavy atom. The van der Waals surface area contributed by atoms with Crippen LogP contribution in [0.3, 0.4) is 0 Å². The van der Waals surface area contributed by atoms with E-state index in [0.29, 0.717) is 13.1 Å². The number of carbonyl (C=O) groups is 2. The van der Waals surface area contributed by atoms with Crippen LogP contribution in [0.1, 0.15) is 69.1 Å². The lowest BCUT2D eigenvalue weighted by Gasteiger charge is -2.33. The zero-order valence-electron chi connectivity index (χ0n) is 16.7. The Kier molecular flexibility index (Phi) is 5.26. The molecule has 2 aromatic rings. The Hall–Kier alpha value is -2.89. The van der Waals surface area contributed by atoms with Crippen LogP contribution in [0, 0.1) is 0 Å². The van der Waals surface area contributed by atoms with Crippen LogP contribution in [0.2, 0.25) is 0 Å². The molecule has 0 radical (unpaired) electrons. The number of carboxylic acids is 1. The first-order chi connectivity index (χ1) is 14.0. The van der Waals surface area contributed by atoms with Crippen molar-refractivity contribution in [2.75, 3.05) is 13.1 Å². The minimum Gasteiger partial charge on any atom is -0.478 e. The third-order valence-electron chi connectivity index (χ3n) is 6.31. The Bertz CT molecular complexity index is 1010. The predicted octanol–water partition coefficient (Wildman–Crippen LogP) is 2.98. The molecular weight excluding hydrogens is 368 g/mol. The molecule has 1 aliphatic heterocycles. The highest BCUT2D eigenvalue weighted by atomic mass is 16.4. The summed E-state index contributed by atoms with van der Waals surface area (Å²) >= 11 is 0. The monoisotopic (exact) mass is 394 g/mol. The summed E-state index contributed by atoms with van der Waals surface area (Å²) in [5, 5.41) is 9.08. The third kappa shape index (κ3) is 3.71. The molecule has 1 amide bonds. The number of fused-ring (bicyclic) bond motifs is 1. The van der Waals surface area contributed by atoms with Crippen molar-refractivity contribution in [2.45, 2.75) is 44.4 Å². The van der Waals surface area contributed by atoms with Crippen LogP contribution in [0.15, 0.2) is 35.1 Å². The zero-order chi connectivity index (χ0) is 20.5. The van der Waals surface area contributed by atoms with Gasteiger partial charge in [-0.25, -0.2) is 4.79 Å². The fraction of sp³-hybridized carbons (Fsp3) is 0.435. The number of carbonyl (C=O) groups excluding carboxylic acids is 1. The van der Waals surface area contributed by atoms with Gasteiger partial charge in [0.05, 0.1) is 5.56 Å². The molecule has 29 heavy (non-hydrogen) atoms. The van der Waals surface area contributed by atoms with Gasteiger partial charge in [-0.05, 0) is 67.9 Å². The zero-order valence-corrected chi connectivity index (χ0v) is 16.7. The fourth-order valence-electron chi connectivity index (χ4n) is 4.65. The van der Waals surface area contributed by atoms with E-state index >= 15 is 0 Å². The SMILES string of the molecule is Cn1c2c(cc(C(=O)N3CCC[C@H](c4ccc(C(=O)O)cc4)C3)c1=O)CCCC2. The summed E-state index contributed by atoms with van der Waals surface area (Å²) < 4.78 is 1.66. The van der Waals surface area contributed by atoms with Crippen molar-refractivity contribution in [2.24, 2.45) is 7.05 Å². The van der Waals surface area contributed by atoms with Crippen LogP contribution in [-0.2, 0) is 19.9 Å².